The van der Waals surface area contributed by atoms with Crippen LogP contribution in [0.2, 0.25) is 5.02 Å². The topological polar surface area (TPSA) is 44.7 Å². The number of rotatable bonds is 9. The first-order valence-electron chi connectivity index (χ1n) is 6.57. The van der Waals surface area contributed by atoms with Crippen LogP contribution in [0.4, 0.5) is 5.69 Å². The molecular weight excluding hydrogens is 264 g/mol. The third-order valence-corrected chi connectivity index (χ3v) is 3.24. The van der Waals surface area contributed by atoms with E-state index in [0.717, 1.165) is 35.9 Å². The number of anilines is 1. The molecule has 0 aromatic heterocycles. The van der Waals surface area contributed by atoms with Crippen molar-refractivity contribution in [3.05, 3.63) is 28.8 Å². The fraction of sp³-hybridized carbons (Fsp3) is 0.571. The Kier molecular flexibility index (Phi) is 7.82. The number of nitrogens with zero attached hydrogens (tertiary/aromatic N) is 1. The molecule has 0 atom stereocenters. The molecule has 0 fully saturated rings. The molecular formula is C14H23ClN2O2. The van der Waals surface area contributed by atoms with Gasteiger partial charge in [-0.15, -0.1) is 0 Å². The maximum Gasteiger partial charge on any atom is 0.0642 e. The van der Waals surface area contributed by atoms with Crippen LogP contribution in [-0.4, -0.2) is 45.1 Å². The second-order valence-electron chi connectivity index (χ2n) is 4.22. The van der Waals surface area contributed by atoms with Crippen molar-refractivity contribution >= 4 is 17.3 Å². The van der Waals surface area contributed by atoms with Gasteiger partial charge in [-0.05, 0) is 18.6 Å². The van der Waals surface area contributed by atoms with Gasteiger partial charge >= 0.3 is 0 Å². The maximum atomic E-state index is 9.14. The molecule has 0 amide bonds. The van der Waals surface area contributed by atoms with Crippen molar-refractivity contribution in [1.29, 1.82) is 0 Å². The number of benzene rings is 1. The van der Waals surface area contributed by atoms with Crippen molar-refractivity contribution < 1.29 is 9.84 Å². The Morgan fingerprint density at radius 2 is 2.21 bits per heavy atom. The van der Waals surface area contributed by atoms with E-state index in [1.807, 2.05) is 12.1 Å². The summed E-state index contributed by atoms with van der Waals surface area (Å²) in [6.45, 7) is 5.80. The zero-order valence-corrected chi connectivity index (χ0v) is 12.4. The van der Waals surface area contributed by atoms with E-state index in [9.17, 15) is 0 Å². The minimum atomic E-state index is 0.121. The number of nitrogens with one attached hydrogen (secondary N) is 1. The van der Waals surface area contributed by atoms with E-state index in [1.165, 1.54) is 0 Å². The molecule has 0 aliphatic carbocycles. The van der Waals surface area contributed by atoms with Crippen LogP contribution in [0.25, 0.3) is 0 Å². The second-order valence-corrected chi connectivity index (χ2v) is 4.63. The number of hydrogen-bond donors (Lipinski definition) is 2. The highest BCUT2D eigenvalue weighted by molar-refractivity contribution is 6.33. The molecule has 19 heavy (non-hydrogen) atoms. The predicted octanol–water partition coefficient (Wildman–Crippen LogP) is 1.89. The lowest BCUT2D eigenvalue weighted by Crippen LogP contribution is -2.28. The van der Waals surface area contributed by atoms with Crippen molar-refractivity contribution in [3.8, 4) is 0 Å². The minimum Gasteiger partial charge on any atom is -0.395 e. The first kappa shape index (κ1) is 16.2. The predicted molar refractivity (Wildman–Crippen MR) is 80.0 cm³/mol. The van der Waals surface area contributed by atoms with Gasteiger partial charge in [0.15, 0.2) is 0 Å². The monoisotopic (exact) mass is 286 g/mol. The molecule has 0 radical (unpaired) electrons. The molecule has 0 bridgehead atoms. The quantitative estimate of drug-likeness (QED) is 0.681. The molecule has 2 N–H and O–H groups in total. The minimum absolute atomic E-state index is 0.121. The van der Waals surface area contributed by atoms with Gasteiger partial charge in [0.25, 0.3) is 0 Å². The Morgan fingerprint density at radius 1 is 1.42 bits per heavy atom. The number of likely N-dealkylation sites (N-methyl/N-ethyl adjacent to an activating group) is 1. The number of halogens is 1. The molecule has 0 aliphatic rings. The molecule has 5 heteroatoms. The van der Waals surface area contributed by atoms with Crippen LogP contribution < -0.4 is 10.2 Å². The number of ether oxygens (including phenoxy) is 1. The van der Waals surface area contributed by atoms with Crippen molar-refractivity contribution in [2.75, 3.05) is 44.9 Å². The number of methoxy groups -OCH3 is 1. The van der Waals surface area contributed by atoms with Gasteiger partial charge in [0, 0.05) is 33.3 Å². The van der Waals surface area contributed by atoms with Crippen LogP contribution in [0.5, 0.6) is 0 Å². The lowest BCUT2D eigenvalue weighted by atomic mass is 10.1. The van der Waals surface area contributed by atoms with Crippen LogP contribution in [-0.2, 0) is 11.3 Å². The fourth-order valence-electron chi connectivity index (χ4n) is 2.00. The summed E-state index contributed by atoms with van der Waals surface area (Å²) >= 11 is 6.30. The summed E-state index contributed by atoms with van der Waals surface area (Å²) in [6, 6.07) is 5.89. The second kappa shape index (κ2) is 9.15. The van der Waals surface area contributed by atoms with E-state index in [-0.39, 0.29) is 6.61 Å². The highest BCUT2D eigenvalue weighted by Crippen LogP contribution is 2.29. The van der Waals surface area contributed by atoms with Gasteiger partial charge in [-0.3, -0.25) is 0 Å². The van der Waals surface area contributed by atoms with E-state index in [4.69, 9.17) is 21.4 Å². The van der Waals surface area contributed by atoms with Crippen LogP contribution in [0.15, 0.2) is 18.2 Å². The molecule has 1 aromatic rings. The normalized spacial score (nSPS) is 10.7. The van der Waals surface area contributed by atoms with Crippen LogP contribution in [0.3, 0.4) is 0 Å². The molecule has 0 saturated carbocycles. The van der Waals surface area contributed by atoms with Crippen molar-refractivity contribution in [2.45, 2.75) is 13.5 Å². The average molecular weight is 287 g/mol. The van der Waals surface area contributed by atoms with E-state index < -0.39 is 0 Å². The Morgan fingerprint density at radius 3 is 2.84 bits per heavy atom. The van der Waals surface area contributed by atoms with Gasteiger partial charge in [-0.25, -0.2) is 0 Å². The van der Waals surface area contributed by atoms with Crippen LogP contribution >= 0.6 is 11.6 Å². The summed E-state index contributed by atoms with van der Waals surface area (Å²) in [5.41, 5.74) is 2.14. The number of hydrogen-bond acceptors (Lipinski definition) is 4. The Bertz CT molecular complexity index is 374. The Labute approximate surface area is 120 Å². The average Bonchev–Trinajstić information content (AvgIpc) is 2.42. The van der Waals surface area contributed by atoms with Crippen LogP contribution in [0, 0.1) is 0 Å². The highest BCUT2D eigenvalue weighted by Gasteiger charge is 2.13. The van der Waals surface area contributed by atoms with Crippen molar-refractivity contribution in [2.24, 2.45) is 0 Å². The van der Waals surface area contributed by atoms with E-state index >= 15 is 0 Å². The Balaban J connectivity index is 2.81. The third kappa shape index (κ3) is 4.99. The molecule has 0 heterocycles. The van der Waals surface area contributed by atoms with Crippen molar-refractivity contribution in [3.63, 3.8) is 0 Å². The van der Waals surface area contributed by atoms with Gasteiger partial charge in [-0.1, -0.05) is 23.7 Å². The lowest BCUT2D eigenvalue weighted by Gasteiger charge is -2.26. The largest absolute Gasteiger partial charge is 0.395 e. The molecule has 0 saturated heterocycles. The van der Waals surface area contributed by atoms with Gasteiger partial charge in [0.1, 0.15) is 0 Å². The molecule has 1 aromatic carbocycles. The lowest BCUT2D eigenvalue weighted by molar-refractivity contribution is 0.199. The SMILES string of the molecule is CCN(CCO)c1c(Cl)cccc1CNCCOC. The molecule has 0 spiro atoms. The fourth-order valence-corrected chi connectivity index (χ4v) is 2.32. The van der Waals surface area contributed by atoms with E-state index in [2.05, 4.69) is 23.2 Å². The molecule has 0 aliphatic heterocycles. The number of para-hydroxylation sites is 1. The number of aliphatic hydroxyl groups excluding tert-OH is 1. The van der Waals surface area contributed by atoms with Crippen molar-refractivity contribution in [1.82, 2.24) is 5.32 Å². The van der Waals surface area contributed by atoms with Gasteiger partial charge in [0.2, 0.25) is 0 Å². The third-order valence-electron chi connectivity index (χ3n) is 2.94. The smallest absolute Gasteiger partial charge is 0.0642 e. The van der Waals surface area contributed by atoms with Gasteiger partial charge < -0.3 is 20.1 Å². The zero-order valence-electron chi connectivity index (χ0n) is 11.7. The molecule has 1 rings (SSSR count). The highest BCUT2D eigenvalue weighted by atomic mass is 35.5. The summed E-state index contributed by atoms with van der Waals surface area (Å²) in [7, 11) is 1.69. The summed E-state index contributed by atoms with van der Waals surface area (Å²) in [5, 5.41) is 13.2. The van der Waals surface area contributed by atoms with Crippen LogP contribution in [0.1, 0.15) is 12.5 Å². The molecule has 4 nitrogen and oxygen atoms in total. The maximum absolute atomic E-state index is 9.14. The number of aliphatic hydroxyl groups is 1. The summed E-state index contributed by atoms with van der Waals surface area (Å²) < 4.78 is 5.01. The van der Waals surface area contributed by atoms with E-state index in [0.29, 0.717) is 13.2 Å². The van der Waals surface area contributed by atoms with E-state index in [1.54, 1.807) is 7.11 Å². The molecule has 108 valence electrons. The first-order valence-corrected chi connectivity index (χ1v) is 6.95. The standard InChI is InChI=1S/C14H23ClN2O2/c1-3-17(8-9-18)14-12(5-4-6-13(14)15)11-16-7-10-19-2/h4-6,16,18H,3,7-11H2,1-2H3. The summed E-state index contributed by atoms with van der Waals surface area (Å²) in [5.74, 6) is 0. The first-order chi connectivity index (χ1) is 9.24. The summed E-state index contributed by atoms with van der Waals surface area (Å²) in [6.07, 6.45) is 0. The zero-order chi connectivity index (χ0) is 14.1. The summed E-state index contributed by atoms with van der Waals surface area (Å²) in [4.78, 5) is 2.09. The van der Waals surface area contributed by atoms with Gasteiger partial charge in [0.05, 0.1) is 23.9 Å². The van der Waals surface area contributed by atoms with Gasteiger partial charge in [-0.2, -0.15) is 0 Å². The molecule has 0 unspecified atom stereocenters. The Hall–Kier alpha value is -0.810.